The van der Waals surface area contributed by atoms with E-state index >= 15 is 0 Å². The Labute approximate surface area is 119 Å². The predicted molar refractivity (Wildman–Crippen MR) is 76.5 cm³/mol. The lowest BCUT2D eigenvalue weighted by Gasteiger charge is -2.33. The van der Waals surface area contributed by atoms with Gasteiger partial charge in [0.05, 0.1) is 18.7 Å². The minimum absolute atomic E-state index is 0.0864. The summed E-state index contributed by atoms with van der Waals surface area (Å²) in [6, 6.07) is 7.56. The molecule has 0 bridgehead atoms. The van der Waals surface area contributed by atoms with Crippen LogP contribution in [-0.2, 0) is 9.53 Å². The second kappa shape index (κ2) is 6.24. The van der Waals surface area contributed by atoms with Crippen LogP contribution in [0, 0.1) is 0 Å². The summed E-state index contributed by atoms with van der Waals surface area (Å²) in [4.78, 5) is 12.3. The smallest absolute Gasteiger partial charge is 0.240 e. The largest absolute Gasteiger partial charge is 0.497 e. The molecule has 1 aromatic rings. The molecule has 0 aromatic heterocycles. The molecule has 110 valence electrons. The monoisotopic (exact) mass is 278 g/mol. The fourth-order valence-corrected chi connectivity index (χ4v) is 2.28. The van der Waals surface area contributed by atoms with Crippen LogP contribution in [0.4, 0.5) is 0 Å². The highest BCUT2D eigenvalue weighted by molar-refractivity contribution is 5.86. The van der Waals surface area contributed by atoms with Crippen LogP contribution in [-0.4, -0.2) is 31.8 Å². The third kappa shape index (κ3) is 3.29. The molecule has 1 saturated heterocycles. The summed E-state index contributed by atoms with van der Waals surface area (Å²) in [6.07, 6.45) is 1.13. The number of hydrogen-bond acceptors (Lipinski definition) is 4. The van der Waals surface area contributed by atoms with Crippen molar-refractivity contribution in [3.8, 4) is 5.75 Å². The molecule has 0 radical (unpaired) electrons. The zero-order valence-corrected chi connectivity index (χ0v) is 12.0. The van der Waals surface area contributed by atoms with Crippen molar-refractivity contribution in [3.63, 3.8) is 0 Å². The van der Waals surface area contributed by atoms with Crippen molar-refractivity contribution >= 4 is 5.91 Å². The maximum Gasteiger partial charge on any atom is 0.240 e. The van der Waals surface area contributed by atoms with Gasteiger partial charge in [-0.25, -0.2) is 0 Å². The van der Waals surface area contributed by atoms with Crippen LogP contribution in [0.2, 0.25) is 0 Å². The van der Waals surface area contributed by atoms with Gasteiger partial charge >= 0.3 is 0 Å². The van der Waals surface area contributed by atoms with Gasteiger partial charge in [-0.05, 0) is 37.5 Å². The Morgan fingerprint density at radius 3 is 2.50 bits per heavy atom. The summed E-state index contributed by atoms with van der Waals surface area (Å²) >= 11 is 0. The normalized spacial score (nSPS) is 19.1. The molecule has 5 heteroatoms. The van der Waals surface area contributed by atoms with E-state index in [-0.39, 0.29) is 11.9 Å². The van der Waals surface area contributed by atoms with Crippen molar-refractivity contribution in [3.05, 3.63) is 29.8 Å². The number of methoxy groups -OCH3 is 1. The van der Waals surface area contributed by atoms with Gasteiger partial charge in [0.2, 0.25) is 5.91 Å². The number of nitrogens with two attached hydrogens (primary N) is 1. The summed E-state index contributed by atoms with van der Waals surface area (Å²) < 4.78 is 10.4. The average molecular weight is 278 g/mol. The zero-order valence-electron chi connectivity index (χ0n) is 12.0. The van der Waals surface area contributed by atoms with Gasteiger partial charge in [0.15, 0.2) is 0 Å². The van der Waals surface area contributed by atoms with Crippen LogP contribution in [0.1, 0.15) is 31.4 Å². The van der Waals surface area contributed by atoms with E-state index in [2.05, 4.69) is 5.32 Å². The average Bonchev–Trinajstić information content (AvgIpc) is 2.48. The minimum atomic E-state index is -0.807. The molecular formula is C15H22N2O3. The molecule has 1 aliphatic heterocycles. The molecule has 0 spiro atoms. The van der Waals surface area contributed by atoms with Gasteiger partial charge in [-0.2, -0.15) is 0 Å². The Morgan fingerprint density at radius 2 is 1.95 bits per heavy atom. The van der Waals surface area contributed by atoms with Crippen molar-refractivity contribution in [1.82, 2.24) is 5.32 Å². The highest BCUT2D eigenvalue weighted by Crippen LogP contribution is 2.21. The molecule has 0 unspecified atom stereocenters. The quantitative estimate of drug-likeness (QED) is 0.872. The first kappa shape index (κ1) is 14.8. The molecule has 5 nitrogen and oxygen atoms in total. The lowest BCUT2D eigenvalue weighted by atomic mass is 9.90. The number of ether oxygens (including phenoxy) is 2. The van der Waals surface area contributed by atoms with Crippen LogP contribution in [0.5, 0.6) is 5.75 Å². The lowest BCUT2D eigenvalue weighted by molar-refractivity contribution is -0.130. The molecule has 1 amide bonds. The third-order valence-corrected chi connectivity index (χ3v) is 3.80. The standard InChI is InChI=1S/C15H22N2O3/c1-11(12-3-5-13(19-2)6-4-12)17-14(18)15(16)7-9-20-10-8-15/h3-6,11H,7-10,16H2,1-2H3,(H,17,18)/t11-/m0/s1. The topological polar surface area (TPSA) is 73.6 Å². The summed E-state index contributed by atoms with van der Waals surface area (Å²) in [7, 11) is 1.63. The van der Waals surface area contributed by atoms with Crippen LogP contribution in [0.3, 0.4) is 0 Å². The van der Waals surface area contributed by atoms with Crippen molar-refractivity contribution in [1.29, 1.82) is 0 Å². The third-order valence-electron chi connectivity index (χ3n) is 3.80. The minimum Gasteiger partial charge on any atom is -0.497 e. The van der Waals surface area contributed by atoms with Gasteiger partial charge in [0.25, 0.3) is 0 Å². The van der Waals surface area contributed by atoms with Crippen molar-refractivity contribution in [2.24, 2.45) is 5.73 Å². The summed E-state index contributed by atoms with van der Waals surface area (Å²) in [5.41, 5.74) is 6.38. The fourth-order valence-electron chi connectivity index (χ4n) is 2.28. The molecule has 1 heterocycles. The van der Waals surface area contributed by atoms with Crippen LogP contribution < -0.4 is 15.8 Å². The molecule has 2 rings (SSSR count). The van der Waals surface area contributed by atoms with Gasteiger partial charge in [0, 0.05) is 13.2 Å². The van der Waals surface area contributed by atoms with Gasteiger partial charge < -0.3 is 20.5 Å². The molecular weight excluding hydrogens is 256 g/mol. The highest BCUT2D eigenvalue weighted by atomic mass is 16.5. The Morgan fingerprint density at radius 1 is 1.35 bits per heavy atom. The number of carbonyl (C=O) groups is 1. The first-order valence-electron chi connectivity index (χ1n) is 6.87. The maximum absolute atomic E-state index is 12.3. The highest BCUT2D eigenvalue weighted by Gasteiger charge is 2.36. The number of amides is 1. The van der Waals surface area contributed by atoms with E-state index in [1.165, 1.54) is 0 Å². The maximum atomic E-state index is 12.3. The van der Waals surface area contributed by atoms with Gasteiger partial charge in [0.1, 0.15) is 5.75 Å². The van der Waals surface area contributed by atoms with Crippen molar-refractivity contribution in [2.75, 3.05) is 20.3 Å². The summed E-state index contributed by atoms with van der Waals surface area (Å²) in [5, 5.41) is 2.98. The van der Waals surface area contributed by atoms with Crippen LogP contribution in [0.25, 0.3) is 0 Å². The molecule has 1 atom stereocenters. The molecule has 20 heavy (non-hydrogen) atoms. The number of nitrogens with one attached hydrogen (secondary N) is 1. The van der Waals surface area contributed by atoms with Gasteiger partial charge in [-0.15, -0.1) is 0 Å². The Balaban J connectivity index is 1.99. The molecule has 0 saturated carbocycles. The van der Waals surface area contributed by atoms with Crippen molar-refractivity contribution < 1.29 is 14.3 Å². The van der Waals surface area contributed by atoms with E-state index in [0.29, 0.717) is 26.1 Å². The molecule has 3 N–H and O–H groups in total. The Bertz CT molecular complexity index is 453. The Kier molecular flexibility index (Phi) is 4.62. The zero-order chi connectivity index (χ0) is 14.6. The van der Waals surface area contributed by atoms with E-state index in [0.717, 1.165) is 11.3 Å². The van der Waals surface area contributed by atoms with E-state index in [4.69, 9.17) is 15.2 Å². The van der Waals surface area contributed by atoms with Gasteiger partial charge in [-0.3, -0.25) is 4.79 Å². The molecule has 1 aliphatic rings. The molecule has 1 fully saturated rings. The second-order valence-corrected chi connectivity index (χ2v) is 5.24. The lowest BCUT2D eigenvalue weighted by Crippen LogP contribution is -2.57. The van der Waals surface area contributed by atoms with E-state index < -0.39 is 5.54 Å². The van der Waals surface area contributed by atoms with E-state index in [9.17, 15) is 4.79 Å². The summed E-state index contributed by atoms with van der Waals surface area (Å²) in [5.74, 6) is 0.691. The van der Waals surface area contributed by atoms with Crippen LogP contribution >= 0.6 is 0 Å². The fraction of sp³-hybridized carbons (Fsp3) is 0.533. The number of hydrogen-bond donors (Lipinski definition) is 2. The van der Waals surface area contributed by atoms with E-state index in [1.54, 1.807) is 7.11 Å². The number of benzene rings is 1. The molecule has 0 aliphatic carbocycles. The molecule has 1 aromatic carbocycles. The summed E-state index contributed by atoms with van der Waals surface area (Å²) in [6.45, 7) is 3.03. The second-order valence-electron chi connectivity index (χ2n) is 5.24. The van der Waals surface area contributed by atoms with E-state index in [1.807, 2.05) is 31.2 Å². The number of carbonyl (C=O) groups excluding carboxylic acids is 1. The van der Waals surface area contributed by atoms with Crippen LogP contribution in [0.15, 0.2) is 24.3 Å². The first-order valence-corrected chi connectivity index (χ1v) is 6.87. The predicted octanol–water partition coefficient (Wildman–Crippen LogP) is 1.38. The van der Waals surface area contributed by atoms with Gasteiger partial charge in [-0.1, -0.05) is 12.1 Å². The van der Waals surface area contributed by atoms with Crippen molar-refractivity contribution in [2.45, 2.75) is 31.3 Å². The first-order chi connectivity index (χ1) is 9.55. The Hall–Kier alpha value is -1.59. The SMILES string of the molecule is COc1ccc([C@H](C)NC(=O)C2(N)CCOCC2)cc1. The number of rotatable bonds is 4.